The van der Waals surface area contributed by atoms with Crippen LogP contribution in [0.1, 0.15) is 37.2 Å². The summed E-state index contributed by atoms with van der Waals surface area (Å²) in [6, 6.07) is 3.59. The summed E-state index contributed by atoms with van der Waals surface area (Å²) < 4.78 is 11.9. The standard InChI is InChI=1S/C15H19BrN2O3/c1-9(2)20-10-3-5-18(6-4-10)15(19)12-7-13-11(17-12)8-14(16)21-13/h7-10,17H,3-6H2,1-2H3. The highest BCUT2D eigenvalue weighted by Crippen LogP contribution is 2.25. The summed E-state index contributed by atoms with van der Waals surface area (Å²) in [5.41, 5.74) is 2.12. The average Bonchev–Trinajstić information content (AvgIpc) is 2.95. The molecule has 1 fully saturated rings. The van der Waals surface area contributed by atoms with E-state index in [1.54, 1.807) is 6.07 Å². The minimum absolute atomic E-state index is 0.0283. The minimum Gasteiger partial charge on any atom is -0.448 e. The molecule has 1 N–H and O–H groups in total. The first-order valence-electron chi connectivity index (χ1n) is 7.25. The van der Waals surface area contributed by atoms with E-state index in [9.17, 15) is 4.79 Å². The van der Waals surface area contributed by atoms with Gasteiger partial charge in [-0.15, -0.1) is 0 Å². The predicted molar refractivity (Wildman–Crippen MR) is 83.4 cm³/mol. The fraction of sp³-hybridized carbons (Fsp3) is 0.533. The van der Waals surface area contributed by atoms with Gasteiger partial charge in [0.1, 0.15) is 5.69 Å². The van der Waals surface area contributed by atoms with Crippen LogP contribution < -0.4 is 0 Å². The minimum atomic E-state index is 0.0283. The predicted octanol–water partition coefficient (Wildman–Crippen LogP) is 3.55. The van der Waals surface area contributed by atoms with Crippen LogP contribution >= 0.6 is 15.9 Å². The monoisotopic (exact) mass is 354 g/mol. The van der Waals surface area contributed by atoms with Gasteiger partial charge in [-0.3, -0.25) is 4.79 Å². The van der Waals surface area contributed by atoms with Gasteiger partial charge in [0.25, 0.3) is 5.91 Å². The molecule has 0 spiro atoms. The molecule has 2 aromatic heterocycles. The van der Waals surface area contributed by atoms with E-state index >= 15 is 0 Å². The number of aromatic amines is 1. The average molecular weight is 355 g/mol. The van der Waals surface area contributed by atoms with Gasteiger partial charge in [0.05, 0.1) is 17.7 Å². The zero-order chi connectivity index (χ0) is 15.0. The number of hydrogen-bond acceptors (Lipinski definition) is 3. The number of amides is 1. The van der Waals surface area contributed by atoms with Crippen LogP contribution in [-0.4, -0.2) is 41.1 Å². The van der Waals surface area contributed by atoms with Crippen molar-refractivity contribution in [1.82, 2.24) is 9.88 Å². The van der Waals surface area contributed by atoms with E-state index in [1.807, 2.05) is 24.8 Å². The van der Waals surface area contributed by atoms with Crippen molar-refractivity contribution in [1.29, 1.82) is 0 Å². The number of aromatic nitrogens is 1. The maximum Gasteiger partial charge on any atom is 0.270 e. The second-order valence-corrected chi connectivity index (χ2v) is 6.47. The van der Waals surface area contributed by atoms with Crippen molar-refractivity contribution in [2.75, 3.05) is 13.1 Å². The van der Waals surface area contributed by atoms with E-state index in [0.29, 0.717) is 15.9 Å². The number of halogens is 1. The molecular formula is C15H19BrN2O3. The molecular weight excluding hydrogens is 336 g/mol. The van der Waals surface area contributed by atoms with Crippen LogP contribution in [-0.2, 0) is 4.74 Å². The molecule has 0 bridgehead atoms. The Morgan fingerprint density at radius 2 is 2.14 bits per heavy atom. The molecule has 0 radical (unpaired) electrons. The van der Waals surface area contributed by atoms with Crippen LogP contribution in [0.15, 0.2) is 21.2 Å². The van der Waals surface area contributed by atoms with Gasteiger partial charge in [-0.25, -0.2) is 0 Å². The number of carbonyl (C=O) groups excluding carboxylic acids is 1. The summed E-state index contributed by atoms with van der Waals surface area (Å²) in [5.74, 6) is 0.0283. The van der Waals surface area contributed by atoms with Gasteiger partial charge in [0.2, 0.25) is 0 Å². The number of rotatable bonds is 3. The van der Waals surface area contributed by atoms with Gasteiger partial charge >= 0.3 is 0 Å². The smallest absolute Gasteiger partial charge is 0.270 e. The Morgan fingerprint density at radius 3 is 2.76 bits per heavy atom. The Morgan fingerprint density at radius 1 is 1.43 bits per heavy atom. The van der Waals surface area contributed by atoms with E-state index in [1.165, 1.54) is 0 Å². The Balaban J connectivity index is 1.64. The van der Waals surface area contributed by atoms with E-state index in [-0.39, 0.29) is 18.1 Å². The molecule has 6 heteroatoms. The third-order valence-electron chi connectivity index (χ3n) is 3.70. The lowest BCUT2D eigenvalue weighted by Gasteiger charge is -2.32. The number of furan rings is 1. The van der Waals surface area contributed by atoms with Crippen molar-refractivity contribution in [3.05, 3.63) is 22.5 Å². The summed E-state index contributed by atoms with van der Waals surface area (Å²) >= 11 is 3.27. The topological polar surface area (TPSA) is 58.5 Å². The van der Waals surface area contributed by atoms with Gasteiger partial charge in [-0.1, -0.05) is 0 Å². The number of fused-ring (bicyclic) bond motifs is 1. The van der Waals surface area contributed by atoms with Gasteiger partial charge in [-0.2, -0.15) is 0 Å². The molecule has 0 aliphatic carbocycles. The Kier molecular flexibility index (Phi) is 4.08. The molecule has 5 nitrogen and oxygen atoms in total. The van der Waals surface area contributed by atoms with Crippen molar-refractivity contribution in [3.63, 3.8) is 0 Å². The first kappa shape index (κ1) is 14.7. The summed E-state index contributed by atoms with van der Waals surface area (Å²) in [6.07, 6.45) is 2.30. The van der Waals surface area contributed by atoms with Crippen molar-refractivity contribution in [2.45, 2.75) is 38.9 Å². The number of H-pyrrole nitrogens is 1. The fourth-order valence-electron chi connectivity index (χ4n) is 2.76. The Bertz CT molecular complexity index is 607. The Labute approximate surface area is 131 Å². The largest absolute Gasteiger partial charge is 0.448 e. The van der Waals surface area contributed by atoms with Gasteiger partial charge in [-0.05, 0) is 42.6 Å². The van der Waals surface area contributed by atoms with Crippen LogP contribution in [0.5, 0.6) is 0 Å². The van der Waals surface area contributed by atoms with Crippen molar-refractivity contribution in [2.24, 2.45) is 0 Å². The molecule has 0 saturated carbocycles. The molecule has 1 amide bonds. The van der Waals surface area contributed by atoms with Crippen LogP contribution in [0.4, 0.5) is 0 Å². The van der Waals surface area contributed by atoms with Crippen LogP contribution in [0.2, 0.25) is 0 Å². The number of piperidine rings is 1. The second-order valence-electron chi connectivity index (χ2n) is 5.69. The molecule has 1 aliphatic rings. The van der Waals surface area contributed by atoms with E-state index in [0.717, 1.165) is 31.4 Å². The van der Waals surface area contributed by atoms with Crippen LogP contribution in [0.3, 0.4) is 0 Å². The van der Waals surface area contributed by atoms with E-state index in [2.05, 4.69) is 20.9 Å². The molecule has 21 heavy (non-hydrogen) atoms. The van der Waals surface area contributed by atoms with Gasteiger partial charge < -0.3 is 19.0 Å². The molecule has 0 unspecified atom stereocenters. The summed E-state index contributed by atoms with van der Waals surface area (Å²) in [5, 5.41) is 0. The van der Waals surface area contributed by atoms with Gasteiger partial charge in [0.15, 0.2) is 10.3 Å². The lowest BCUT2D eigenvalue weighted by Crippen LogP contribution is -2.41. The number of carbonyl (C=O) groups is 1. The number of hydrogen-bond donors (Lipinski definition) is 1. The van der Waals surface area contributed by atoms with Crippen molar-refractivity contribution < 1.29 is 13.9 Å². The zero-order valence-electron chi connectivity index (χ0n) is 12.2. The number of likely N-dealkylation sites (tertiary alicyclic amines) is 1. The number of ether oxygens (including phenoxy) is 1. The third-order valence-corrected chi connectivity index (χ3v) is 4.09. The van der Waals surface area contributed by atoms with Crippen LogP contribution in [0, 0.1) is 0 Å². The molecule has 114 valence electrons. The summed E-state index contributed by atoms with van der Waals surface area (Å²) in [4.78, 5) is 17.5. The molecule has 3 heterocycles. The molecule has 2 aromatic rings. The van der Waals surface area contributed by atoms with Gasteiger partial charge in [0, 0.05) is 25.2 Å². The molecule has 0 atom stereocenters. The van der Waals surface area contributed by atoms with Crippen molar-refractivity contribution >= 4 is 32.9 Å². The highest BCUT2D eigenvalue weighted by Gasteiger charge is 2.25. The van der Waals surface area contributed by atoms with E-state index < -0.39 is 0 Å². The maximum absolute atomic E-state index is 12.5. The zero-order valence-corrected chi connectivity index (χ0v) is 13.8. The lowest BCUT2D eigenvalue weighted by molar-refractivity contribution is -0.0236. The fourth-order valence-corrected chi connectivity index (χ4v) is 3.16. The lowest BCUT2D eigenvalue weighted by atomic mass is 10.1. The van der Waals surface area contributed by atoms with Crippen LogP contribution in [0.25, 0.3) is 11.1 Å². The molecule has 0 aromatic carbocycles. The molecule has 1 saturated heterocycles. The SMILES string of the molecule is CC(C)OC1CCN(C(=O)c2cc3oc(Br)cc3[nH]2)CC1. The number of nitrogens with one attached hydrogen (secondary N) is 1. The first-order chi connectivity index (χ1) is 10.0. The quantitative estimate of drug-likeness (QED) is 0.916. The normalized spacial score (nSPS) is 17.0. The molecule has 1 aliphatic heterocycles. The first-order valence-corrected chi connectivity index (χ1v) is 8.05. The third kappa shape index (κ3) is 3.16. The number of nitrogens with zero attached hydrogens (tertiary/aromatic N) is 1. The highest BCUT2D eigenvalue weighted by molar-refractivity contribution is 9.10. The second kappa shape index (κ2) is 5.85. The highest BCUT2D eigenvalue weighted by atomic mass is 79.9. The van der Waals surface area contributed by atoms with Crippen molar-refractivity contribution in [3.8, 4) is 0 Å². The summed E-state index contributed by atoms with van der Waals surface area (Å²) in [6.45, 7) is 5.56. The molecule has 3 rings (SSSR count). The Hall–Kier alpha value is -1.27. The van der Waals surface area contributed by atoms with E-state index in [4.69, 9.17) is 9.15 Å². The maximum atomic E-state index is 12.5. The summed E-state index contributed by atoms with van der Waals surface area (Å²) in [7, 11) is 0.